The van der Waals surface area contributed by atoms with Crippen LogP contribution in [0.25, 0.3) is 0 Å². The summed E-state index contributed by atoms with van der Waals surface area (Å²) < 4.78 is 5.96. The van der Waals surface area contributed by atoms with Crippen molar-refractivity contribution < 1.29 is 4.74 Å². The zero-order valence-corrected chi connectivity index (χ0v) is 11.2. The van der Waals surface area contributed by atoms with E-state index in [1.165, 1.54) is 45.2 Å². The summed E-state index contributed by atoms with van der Waals surface area (Å²) in [5.41, 5.74) is 0.523. The average molecular weight is 225 g/mol. The van der Waals surface area contributed by atoms with Crippen LogP contribution in [0.15, 0.2) is 0 Å². The molecular formula is C14H27NO. The molecule has 1 aliphatic carbocycles. The van der Waals surface area contributed by atoms with E-state index in [1.807, 2.05) is 0 Å². The Morgan fingerprint density at radius 2 is 2.00 bits per heavy atom. The third-order valence-electron chi connectivity index (χ3n) is 4.56. The Labute approximate surface area is 100 Å². The molecular weight excluding hydrogens is 198 g/mol. The van der Waals surface area contributed by atoms with Crippen LogP contribution in [0.5, 0.6) is 0 Å². The molecule has 0 amide bonds. The van der Waals surface area contributed by atoms with Crippen LogP contribution in [0.3, 0.4) is 0 Å². The molecule has 0 radical (unpaired) electrons. The van der Waals surface area contributed by atoms with Crippen LogP contribution in [0.4, 0.5) is 0 Å². The van der Waals surface area contributed by atoms with Gasteiger partial charge < -0.3 is 9.64 Å². The maximum absolute atomic E-state index is 5.96. The van der Waals surface area contributed by atoms with Crippen molar-refractivity contribution in [1.82, 2.24) is 4.90 Å². The summed E-state index contributed by atoms with van der Waals surface area (Å²) in [6.45, 7) is 7.89. The van der Waals surface area contributed by atoms with Crippen LogP contribution in [0.1, 0.15) is 46.0 Å². The van der Waals surface area contributed by atoms with Crippen LogP contribution in [-0.4, -0.2) is 37.7 Å². The molecule has 2 aliphatic rings. The van der Waals surface area contributed by atoms with E-state index >= 15 is 0 Å². The van der Waals surface area contributed by atoms with Crippen LogP contribution in [-0.2, 0) is 4.74 Å². The highest BCUT2D eigenvalue weighted by molar-refractivity contribution is 4.94. The Hall–Kier alpha value is -0.0800. The van der Waals surface area contributed by atoms with Gasteiger partial charge in [0.1, 0.15) is 0 Å². The molecule has 0 aromatic rings. The Kier molecular flexibility index (Phi) is 3.91. The molecule has 0 N–H and O–H groups in total. The zero-order chi connectivity index (χ0) is 11.6. The van der Waals surface area contributed by atoms with Crippen molar-refractivity contribution >= 4 is 0 Å². The lowest BCUT2D eigenvalue weighted by molar-refractivity contribution is -0.0175. The minimum Gasteiger partial charge on any atom is -0.378 e. The molecule has 0 aromatic carbocycles. The topological polar surface area (TPSA) is 12.5 Å². The minimum absolute atomic E-state index is 0.386. The number of hydrogen-bond donors (Lipinski definition) is 0. The smallest absolute Gasteiger partial charge is 0.0529 e. The Morgan fingerprint density at radius 3 is 2.50 bits per heavy atom. The first-order chi connectivity index (χ1) is 7.62. The summed E-state index contributed by atoms with van der Waals surface area (Å²) in [4.78, 5) is 2.49. The summed E-state index contributed by atoms with van der Waals surface area (Å²) in [6.07, 6.45) is 7.41. The molecule has 1 heterocycles. The first-order valence-corrected chi connectivity index (χ1v) is 6.92. The van der Waals surface area contributed by atoms with Crippen molar-refractivity contribution in [3.8, 4) is 0 Å². The van der Waals surface area contributed by atoms with Crippen molar-refractivity contribution in [3.05, 3.63) is 0 Å². The van der Waals surface area contributed by atoms with Gasteiger partial charge in [-0.25, -0.2) is 0 Å². The molecule has 2 fully saturated rings. The van der Waals surface area contributed by atoms with Crippen molar-refractivity contribution in [2.75, 3.05) is 26.7 Å². The third kappa shape index (κ3) is 2.60. The van der Waals surface area contributed by atoms with E-state index in [-0.39, 0.29) is 0 Å². The van der Waals surface area contributed by atoms with E-state index in [2.05, 4.69) is 25.8 Å². The van der Waals surface area contributed by atoms with Gasteiger partial charge in [0, 0.05) is 6.54 Å². The van der Waals surface area contributed by atoms with Gasteiger partial charge in [0.15, 0.2) is 0 Å². The van der Waals surface area contributed by atoms with E-state index in [0.29, 0.717) is 11.5 Å². The molecule has 1 saturated carbocycles. The standard InChI is InChI=1S/C14H27NO/c1-12(2)16-11-14(7-4-5-8-14)13-6-9-15(3)10-13/h12-13H,4-11H2,1-3H3. The fourth-order valence-corrected chi connectivity index (χ4v) is 3.52. The fourth-order valence-electron chi connectivity index (χ4n) is 3.52. The molecule has 16 heavy (non-hydrogen) atoms. The van der Waals surface area contributed by atoms with Crippen LogP contribution < -0.4 is 0 Å². The second-order valence-corrected chi connectivity index (χ2v) is 6.18. The van der Waals surface area contributed by atoms with Gasteiger partial charge in [-0.15, -0.1) is 0 Å². The lowest BCUT2D eigenvalue weighted by Crippen LogP contribution is -2.35. The van der Waals surface area contributed by atoms with E-state index in [1.54, 1.807) is 0 Å². The van der Waals surface area contributed by atoms with Gasteiger partial charge in [-0.3, -0.25) is 0 Å². The van der Waals surface area contributed by atoms with Gasteiger partial charge in [-0.2, -0.15) is 0 Å². The van der Waals surface area contributed by atoms with Crippen LogP contribution in [0.2, 0.25) is 0 Å². The summed E-state index contributed by atoms with van der Waals surface area (Å²) in [5, 5.41) is 0. The SMILES string of the molecule is CC(C)OCC1(C2CCN(C)C2)CCCC1. The lowest BCUT2D eigenvalue weighted by atomic mass is 9.74. The molecule has 1 aliphatic heterocycles. The summed E-state index contributed by atoms with van der Waals surface area (Å²) in [6, 6.07) is 0. The Bertz CT molecular complexity index is 221. The van der Waals surface area contributed by atoms with Gasteiger partial charge in [-0.05, 0) is 58.0 Å². The number of rotatable bonds is 4. The first kappa shape index (κ1) is 12.4. The van der Waals surface area contributed by atoms with Crippen LogP contribution >= 0.6 is 0 Å². The second kappa shape index (κ2) is 5.05. The second-order valence-electron chi connectivity index (χ2n) is 6.18. The number of likely N-dealkylation sites (tertiary alicyclic amines) is 1. The van der Waals surface area contributed by atoms with Gasteiger partial charge >= 0.3 is 0 Å². The molecule has 1 unspecified atom stereocenters. The monoisotopic (exact) mass is 225 g/mol. The van der Waals surface area contributed by atoms with E-state index in [0.717, 1.165) is 12.5 Å². The lowest BCUT2D eigenvalue weighted by Gasteiger charge is -2.35. The van der Waals surface area contributed by atoms with Gasteiger partial charge in [0.2, 0.25) is 0 Å². The molecule has 2 heteroatoms. The molecule has 2 rings (SSSR count). The molecule has 0 bridgehead atoms. The summed E-state index contributed by atoms with van der Waals surface area (Å²) >= 11 is 0. The number of hydrogen-bond acceptors (Lipinski definition) is 2. The first-order valence-electron chi connectivity index (χ1n) is 6.92. The number of ether oxygens (including phenoxy) is 1. The molecule has 94 valence electrons. The highest BCUT2D eigenvalue weighted by atomic mass is 16.5. The molecule has 0 spiro atoms. The maximum Gasteiger partial charge on any atom is 0.0529 e. The predicted octanol–water partition coefficient (Wildman–Crippen LogP) is 2.92. The van der Waals surface area contributed by atoms with Crippen LogP contribution in [0, 0.1) is 11.3 Å². The van der Waals surface area contributed by atoms with Crippen molar-refractivity contribution in [2.45, 2.75) is 52.1 Å². The van der Waals surface area contributed by atoms with Crippen molar-refractivity contribution in [3.63, 3.8) is 0 Å². The predicted molar refractivity (Wildman–Crippen MR) is 67.6 cm³/mol. The average Bonchev–Trinajstić information content (AvgIpc) is 2.84. The quantitative estimate of drug-likeness (QED) is 0.729. The summed E-state index contributed by atoms with van der Waals surface area (Å²) in [5.74, 6) is 0.888. The molecule has 2 nitrogen and oxygen atoms in total. The van der Waals surface area contributed by atoms with E-state index in [4.69, 9.17) is 4.74 Å². The van der Waals surface area contributed by atoms with Crippen molar-refractivity contribution in [1.29, 1.82) is 0 Å². The molecule has 0 aromatic heterocycles. The minimum atomic E-state index is 0.386. The Morgan fingerprint density at radius 1 is 1.31 bits per heavy atom. The fraction of sp³-hybridized carbons (Fsp3) is 1.00. The Balaban J connectivity index is 1.97. The van der Waals surface area contributed by atoms with Gasteiger partial charge in [-0.1, -0.05) is 12.8 Å². The highest BCUT2D eigenvalue weighted by Gasteiger charge is 2.43. The van der Waals surface area contributed by atoms with Gasteiger partial charge in [0.05, 0.1) is 12.7 Å². The maximum atomic E-state index is 5.96. The third-order valence-corrected chi connectivity index (χ3v) is 4.56. The normalized spacial score (nSPS) is 30.4. The number of nitrogens with zero attached hydrogens (tertiary/aromatic N) is 1. The van der Waals surface area contributed by atoms with E-state index in [9.17, 15) is 0 Å². The van der Waals surface area contributed by atoms with Crippen molar-refractivity contribution in [2.24, 2.45) is 11.3 Å². The molecule has 1 saturated heterocycles. The zero-order valence-electron chi connectivity index (χ0n) is 11.2. The molecule has 1 atom stereocenters. The van der Waals surface area contributed by atoms with Gasteiger partial charge in [0.25, 0.3) is 0 Å². The summed E-state index contributed by atoms with van der Waals surface area (Å²) in [7, 11) is 2.26. The highest BCUT2D eigenvalue weighted by Crippen LogP contribution is 2.47. The van der Waals surface area contributed by atoms with E-state index < -0.39 is 0 Å². The largest absolute Gasteiger partial charge is 0.378 e.